The van der Waals surface area contributed by atoms with Crippen LogP contribution in [0, 0.1) is 11.7 Å². The molecule has 0 unspecified atom stereocenters. The van der Waals surface area contributed by atoms with E-state index in [1.165, 1.54) is 12.1 Å². The largest absolute Gasteiger partial charge is 0.390 e. The van der Waals surface area contributed by atoms with Gasteiger partial charge in [-0.15, -0.1) is 0 Å². The van der Waals surface area contributed by atoms with Crippen LogP contribution < -0.4 is 0 Å². The summed E-state index contributed by atoms with van der Waals surface area (Å²) in [5, 5.41) is 4.07. The van der Waals surface area contributed by atoms with Crippen molar-refractivity contribution in [2.75, 3.05) is 13.1 Å². The van der Waals surface area contributed by atoms with Crippen LogP contribution in [0.15, 0.2) is 29.4 Å². The molecule has 0 N–H and O–H groups in total. The number of rotatable bonds is 5. The normalized spacial score (nSPS) is 21.0. The molecule has 118 valence electrons. The third-order valence-corrected chi connectivity index (χ3v) is 4.46. The zero-order chi connectivity index (χ0) is 15.5. The van der Waals surface area contributed by atoms with Crippen molar-refractivity contribution < 1.29 is 14.0 Å². The van der Waals surface area contributed by atoms with Crippen molar-refractivity contribution in [3.8, 4) is 0 Å². The molecule has 1 atom stereocenters. The van der Waals surface area contributed by atoms with Gasteiger partial charge in [0.25, 0.3) is 0 Å². The predicted octanol–water partition coefficient (Wildman–Crippen LogP) is 2.97. The van der Waals surface area contributed by atoms with Crippen molar-refractivity contribution in [3.63, 3.8) is 0 Å². The van der Waals surface area contributed by atoms with Gasteiger partial charge in [0.2, 0.25) is 5.91 Å². The number of carbonyl (C=O) groups excluding carboxylic acids is 1. The molecule has 22 heavy (non-hydrogen) atoms. The molecule has 1 aliphatic heterocycles. The highest BCUT2D eigenvalue weighted by Crippen LogP contribution is 2.29. The Balaban J connectivity index is 1.58. The van der Waals surface area contributed by atoms with Crippen LogP contribution in [-0.2, 0) is 9.63 Å². The van der Waals surface area contributed by atoms with Gasteiger partial charge in [-0.1, -0.05) is 23.7 Å². The number of carbonyl (C=O) groups is 1. The summed E-state index contributed by atoms with van der Waals surface area (Å²) < 4.78 is 13.3. The van der Waals surface area contributed by atoms with Crippen LogP contribution in [0.25, 0.3) is 0 Å². The molecule has 4 nitrogen and oxygen atoms in total. The van der Waals surface area contributed by atoms with Crippen molar-refractivity contribution in [3.05, 3.63) is 35.6 Å². The first kappa shape index (κ1) is 15.0. The average Bonchev–Trinajstić information content (AvgIpc) is 2.91. The van der Waals surface area contributed by atoms with Crippen LogP contribution >= 0.6 is 0 Å². The van der Waals surface area contributed by atoms with Gasteiger partial charge in [0.15, 0.2) is 6.10 Å². The highest BCUT2D eigenvalue weighted by molar-refractivity contribution is 6.01. The topological polar surface area (TPSA) is 41.9 Å². The van der Waals surface area contributed by atoms with Gasteiger partial charge in [-0.25, -0.2) is 4.39 Å². The van der Waals surface area contributed by atoms with Gasteiger partial charge < -0.3 is 9.74 Å². The summed E-state index contributed by atoms with van der Waals surface area (Å²) in [6, 6.07) is 6.36. The Morgan fingerprint density at radius 1 is 1.45 bits per heavy atom. The summed E-state index contributed by atoms with van der Waals surface area (Å²) in [4.78, 5) is 19.6. The van der Waals surface area contributed by atoms with Gasteiger partial charge in [-0.2, -0.15) is 0 Å². The standard InChI is InChI=1S/C17H21FN2O2/c1-2-20(17(21)12-5-3-6-12)11-15-10-16(19-22-15)13-7-4-8-14(18)9-13/h4,7-9,12,15H,2-3,5-6,10-11H2,1H3/t15-/m0/s1. The SMILES string of the molecule is CCN(C[C@@H]1CC(c2cccc(F)c2)=NO1)C(=O)C1CCC1. The molecular formula is C17H21FN2O2. The number of hydrogen-bond acceptors (Lipinski definition) is 3. The number of benzene rings is 1. The van der Waals surface area contributed by atoms with E-state index in [9.17, 15) is 9.18 Å². The second-order valence-corrected chi connectivity index (χ2v) is 5.98. The van der Waals surface area contributed by atoms with E-state index in [4.69, 9.17) is 4.84 Å². The van der Waals surface area contributed by atoms with Crippen LogP contribution in [0.4, 0.5) is 4.39 Å². The van der Waals surface area contributed by atoms with Crippen LogP contribution in [-0.4, -0.2) is 35.7 Å². The third kappa shape index (κ3) is 3.13. The highest BCUT2D eigenvalue weighted by Gasteiger charge is 2.32. The summed E-state index contributed by atoms with van der Waals surface area (Å²) in [5.41, 5.74) is 1.49. The molecule has 1 aliphatic carbocycles. The molecule has 1 fully saturated rings. The van der Waals surface area contributed by atoms with Crippen molar-refractivity contribution in [2.45, 2.75) is 38.7 Å². The van der Waals surface area contributed by atoms with Crippen molar-refractivity contribution in [1.82, 2.24) is 4.90 Å². The van der Waals surface area contributed by atoms with Gasteiger partial charge in [0.1, 0.15) is 5.82 Å². The lowest BCUT2D eigenvalue weighted by atomic mass is 9.84. The molecule has 1 amide bonds. The van der Waals surface area contributed by atoms with E-state index in [2.05, 4.69) is 5.16 Å². The summed E-state index contributed by atoms with van der Waals surface area (Å²) >= 11 is 0. The Morgan fingerprint density at radius 3 is 2.91 bits per heavy atom. The van der Waals surface area contributed by atoms with Gasteiger partial charge in [-0.05, 0) is 31.9 Å². The summed E-state index contributed by atoms with van der Waals surface area (Å²) in [5.74, 6) is 0.153. The maximum absolute atomic E-state index is 13.3. The van der Waals surface area contributed by atoms with Gasteiger partial charge in [0.05, 0.1) is 12.3 Å². The molecule has 1 saturated carbocycles. The predicted molar refractivity (Wildman–Crippen MR) is 82.0 cm³/mol. The first-order valence-electron chi connectivity index (χ1n) is 7.94. The monoisotopic (exact) mass is 304 g/mol. The van der Waals surface area contributed by atoms with E-state index in [0.29, 0.717) is 19.5 Å². The zero-order valence-electron chi connectivity index (χ0n) is 12.8. The summed E-state index contributed by atoms with van der Waals surface area (Å²) in [7, 11) is 0. The van der Waals surface area contributed by atoms with E-state index in [-0.39, 0.29) is 23.7 Å². The Hall–Kier alpha value is -1.91. The molecular weight excluding hydrogens is 283 g/mol. The second-order valence-electron chi connectivity index (χ2n) is 5.98. The maximum atomic E-state index is 13.3. The fraction of sp³-hybridized carbons (Fsp3) is 0.529. The number of oxime groups is 1. The first-order valence-corrected chi connectivity index (χ1v) is 7.94. The summed E-state index contributed by atoms with van der Waals surface area (Å²) in [6.07, 6.45) is 3.64. The molecule has 2 aliphatic rings. The molecule has 5 heteroatoms. The smallest absolute Gasteiger partial charge is 0.225 e. The van der Waals surface area contributed by atoms with Crippen molar-refractivity contribution in [1.29, 1.82) is 0 Å². The zero-order valence-corrected chi connectivity index (χ0v) is 12.8. The number of hydrogen-bond donors (Lipinski definition) is 0. The van der Waals surface area contributed by atoms with Crippen molar-refractivity contribution in [2.24, 2.45) is 11.1 Å². The average molecular weight is 304 g/mol. The lowest BCUT2D eigenvalue weighted by molar-refractivity contribution is -0.139. The Morgan fingerprint density at radius 2 is 2.27 bits per heavy atom. The van der Waals surface area contributed by atoms with E-state index in [0.717, 1.165) is 30.5 Å². The second kappa shape index (κ2) is 6.46. The Bertz CT molecular complexity index is 584. The molecule has 1 heterocycles. The van der Waals surface area contributed by atoms with Crippen LogP contribution in [0.3, 0.4) is 0 Å². The van der Waals surface area contributed by atoms with Gasteiger partial charge >= 0.3 is 0 Å². The molecule has 0 saturated heterocycles. The fourth-order valence-corrected chi connectivity index (χ4v) is 2.90. The molecule has 0 spiro atoms. The first-order chi connectivity index (χ1) is 10.7. The minimum atomic E-state index is -0.279. The highest BCUT2D eigenvalue weighted by atomic mass is 19.1. The molecule has 0 radical (unpaired) electrons. The van der Waals surface area contributed by atoms with E-state index in [1.807, 2.05) is 17.9 Å². The number of halogens is 1. The van der Waals surface area contributed by atoms with Gasteiger partial charge in [0, 0.05) is 24.4 Å². The van der Waals surface area contributed by atoms with Crippen molar-refractivity contribution >= 4 is 11.6 Å². The lowest BCUT2D eigenvalue weighted by Gasteiger charge is -2.31. The molecule has 0 aromatic heterocycles. The van der Waals surface area contributed by atoms with Crippen LogP contribution in [0.2, 0.25) is 0 Å². The maximum Gasteiger partial charge on any atom is 0.225 e. The molecule has 3 rings (SSSR count). The fourth-order valence-electron chi connectivity index (χ4n) is 2.90. The number of likely N-dealkylation sites (N-methyl/N-ethyl adjacent to an activating group) is 1. The lowest BCUT2D eigenvalue weighted by Crippen LogP contribution is -2.42. The number of nitrogens with zero attached hydrogens (tertiary/aromatic N) is 2. The Labute approximate surface area is 129 Å². The molecule has 1 aromatic rings. The van der Waals surface area contributed by atoms with Crippen LogP contribution in [0.1, 0.15) is 38.2 Å². The minimum absolute atomic E-state index is 0.137. The Kier molecular flexibility index (Phi) is 4.41. The summed E-state index contributed by atoms with van der Waals surface area (Å²) in [6.45, 7) is 3.22. The van der Waals surface area contributed by atoms with Gasteiger partial charge in [-0.3, -0.25) is 4.79 Å². The van der Waals surface area contributed by atoms with E-state index in [1.54, 1.807) is 6.07 Å². The van der Waals surface area contributed by atoms with E-state index < -0.39 is 0 Å². The molecule has 1 aromatic carbocycles. The minimum Gasteiger partial charge on any atom is -0.390 e. The van der Waals surface area contributed by atoms with Crippen LogP contribution in [0.5, 0.6) is 0 Å². The third-order valence-electron chi connectivity index (χ3n) is 4.46. The van der Waals surface area contributed by atoms with E-state index >= 15 is 0 Å². The molecule has 0 bridgehead atoms. The quantitative estimate of drug-likeness (QED) is 0.839. The number of amides is 1.